The third-order valence-electron chi connectivity index (χ3n) is 4.11. The average molecular weight is 261 g/mol. The first-order valence-corrected chi connectivity index (χ1v) is 6.93. The van der Waals surface area contributed by atoms with E-state index in [-0.39, 0.29) is 11.8 Å². The van der Waals surface area contributed by atoms with E-state index < -0.39 is 0 Å². The molecule has 1 atom stereocenters. The molecule has 4 nitrogen and oxygen atoms in total. The van der Waals surface area contributed by atoms with Crippen molar-refractivity contribution in [3.8, 4) is 0 Å². The fraction of sp³-hybridized carbons (Fsp3) is 0.533. The van der Waals surface area contributed by atoms with Crippen LogP contribution in [0.3, 0.4) is 0 Å². The van der Waals surface area contributed by atoms with Crippen molar-refractivity contribution in [1.82, 2.24) is 10.2 Å². The summed E-state index contributed by atoms with van der Waals surface area (Å²) in [6.07, 6.45) is 1.89. The number of nitrogen functional groups attached to an aromatic ring is 1. The van der Waals surface area contributed by atoms with Crippen LogP contribution in [-0.4, -0.2) is 30.9 Å². The summed E-state index contributed by atoms with van der Waals surface area (Å²) in [6, 6.07) is 8.45. The molecule has 0 aliphatic carbocycles. The molecule has 104 valence electrons. The van der Waals surface area contributed by atoms with Crippen molar-refractivity contribution in [1.29, 1.82) is 0 Å². The van der Waals surface area contributed by atoms with Crippen molar-refractivity contribution < 1.29 is 4.79 Å². The maximum atomic E-state index is 11.6. The van der Waals surface area contributed by atoms with Gasteiger partial charge < -0.3 is 11.1 Å². The van der Waals surface area contributed by atoms with Crippen LogP contribution in [0.1, 0.15) is 31.4 Å². The average Bonchev–Trinajstić information content (AvgIpc) is 2.46. The van der Waals surface area contributed by atoms with Crippen molar-refractivity contribution >= 4 is 11.6 Å². The number of carbonyl (C=O) groups excluding carboxylic acids is 1. The Morgan fingerprint density at radius 3 is 2.42 bits per heavy atom. The highest BCUT2D eigenvalue weighted by atomic mass is 16.1. The Morgan fingerprint density at radius 1 is 1.32 bits per heavy atom. The smallest absolute Gasteiger partial charge is 0.222 e. The molecule has 1 unspecified atom stereocenters. The van der Waals surface area contributed by atoms with E-state index in [1.165, 1.54) is 5.56 Å². The van der Waals surface area contributed by atoms with Crippen molar-refractivity contribution in [3.05, 3.63) is 29.8 Å². The van der Waals surface area contributed by atoms with E-state index in [0.29, 0.717) is 6.04 Å². The number of amides is 1. The quantitative estimate of drug-likeness (QED) is 0.816. The number of nitrogens with zero attached hydrogens (tertiary/aromatic N) is 1. The lowest BCUT2D eigenvalue weighted by Crippen LogP contribution is -2.40. The summed E-state index contributed by atoms with van der Waals surface area (Å²) in [5.74, 6) is 0.361. The molecule has 1 aromatic rings. The molecule has 4 heteroatoms. The summed E-state index contributed by atoms with van der Waals surface area (Å²) in [4.78, 5) is 14.0. The minimum Gasteiger partial charge on any atom is -0.399 e. The number of likely N-dealkylation sites (tertiary alicyclic amines) is 1. The van der Waals surface area contributed by atoms with Crippen molar-refractivity contribution in [2.24, 2.45) is 5.92 Å². The van der Waals surface area contributed by atoms with Crippen LogP contribution in [0.25, 0.3) is 0 Å². The number of rotatable bonds is 3. The summed E-state index contributed by atoms with van der Waals surface area (Å²) in [7, 11) is 1.71. The minimum absolute atomic E-state index is 0.180. The summed E-state index contributed by atoms with van der Waals surface area (Å²) < 4.78 is 0. The largest absolute Gasteiger partial charge is 0.399 e. The molecule has 0 spiro atoms. The van der Waals surface area contributed by atoms with Crippen LogP contribution in [0, 0.1) is 5.92 Å². The molecule has 19 heavy (non-hydrogen) atoms. The van der Waals surface area contributed by atoms with Gasteiger partial charge in [-0.1, -0.05) is 12.1 Å². The van der Waals surface area contributed by atoms with Gasteiger partial charge in [0.1, 0.15) is 0 Å². The van der Waals surface area contributed by atoms with Gasteiger partial charge in [0.25, 0.3) is 0 Å². The van der Waals surface area contributed by atoms with Crippen LogP contribution < -0.4 is 11.1 Å². The molecule has 1 amide bonds. The molecule has 0 aromatic heterocycles. The van der Waals surface area contributed by atoms with Gasteiger partial charge in [-0.05, 0) is 50.6 Å². The molecule has 1 aromatic carbocycles. The van der Waals surface area contributed by atoms with Crippen molar-refractivity contribution in [3.63, 3.8) is 0 Å². The van der Waals surface area contributed by atoms with E-state index >= 15 is 0 Å². The zero-order valence-corrected chi connectivity index (χ0v) is 11.7. The number of hydrogen-bond donors (Lipinski definition) is 2. The molecule has 0 bridgehead atoms. The highest BCUT2D eigenvalue weighted by Crippen LogP contribution is 2.27. The molecule has 1 aliphatic heterocycles. The molecule has 3 N–H and O–H groups in total. The van der Waals surface area contributed by atoms with Gasteiger partial charge in [0.15, 0.2) is 0 Å². The van der Waals surface area contributed by atoms with Crippen LogP contribution in [0.15, 0.2) is 24.3 Å². The zero-order chi connectivity index (χ0) is 13.8. The first-order chi connectivity index (χ1) is 9.11. The highest BCUT2D eigenvalue weighted by molar-refractivity contribution is 5.78. The van der Waals surface area contributed by atoms with Gasteiger partial charge in [-0.25, -0.2) is 0 Å². The zero-order valence-electron chi connectivity index (χ0n) is 11.7. The third kappa shape index (κ3) is 3.26. The van der Waals surface area contributed by atoms with E-state index in [9.17, 15) is 4.79 Å². The predicted octanol–water partition coefficient (Wildman–Crippen LogP) is 1.79. The van der Waals surface area contributed by atoms with Crippen LogP contribution in [0.2, 0.25) is 0 Å². The molecule has 1 saturated heterocycles. The Balaban J connectivity index is 1.94. The van der Waals surface area contributed by atoms with E-state index in [2.05, 4.69) is 29.3 Å². The van der Waals surface area contributed by atoms with E-state index in [1.807, 2.05) is 12.1 Å². The molecule has 1 aliphatic rings. The maximum Gasteiger partial charge on any atom is 0.222 e. The summed E-state index contributed by atoms with van der Waals surface area (Å²) in [6.45, 7) is 4.17. The van der Waals surface area contributed by atoms with Gasteiger partial charge >= 0.3 is 0 Å². The van der Waals surface area contributed by atoms with Gasteiger partial charge in [-0.3, -0.25) is 9.69 Å². The SMILES string of the molecule is CNC(=O)C1CCN(C(C)c2ccc(N)cc2)CC1. The topological polar surface area (TPSA) is 58.4 Å². The normalized spacial score (nSPS) is 19.1. The molecule has 0 saturated carbocycles. The van der Waals surface area contributed by atoms with E-state index in [4.69, 9.17) is 5.73 Å². The van der Waals surface area contributed by atoms with Crippen LogP contribution in [0.4, 0.5) is 5.69 Å². The second-order valence-electron chi connectivity index (χ2n) is 5.27. The molecule has 1 heterocycles. The van der Waals surface area contributed by atoms with Crippen LogP contribution in [0.5, 0.6) is 0 Å². The van der Waals surface area contributed by atoms with Gasteiger partial charge in [0.05, 0.1) is 0 Å². The summed E-state index contributed by atoms with van der Waals surface area (Å²) in [5, 5.41) is 2.75. The first kappa shape index (κ1) is 13.9. The Morgan fingerprint density at radius 2 is 1.89 bits per heavy atom. The number of benzene rings is 1. The lowest BCUT2D eigenvalue weighted by Gasteiger charge is -2.35. The lowest BCUT2D eigenvalue weighted by atomic mass is 9.94. The Bertz CT molecular complexity index is 422. The highest BCUT2D eigenvalue weighted by Gasteiger charge is 2.26. The van der Waals surface area contributed by atoms with Crippen molar-refractivity contribution in [2.75, 3.05) is 25.9 Å². The van der Waals surface area contributed by atoms with E-state index in [0.717, 1.165) is 31.6 Å². The van der Waals surface area contributed by atoms with Gasteiger partial charge in [-0.2, -0.15) is 0 Å². The molecule has 1 fully saturated rings. The Kier molecular flexibility index (Phi) is 4.43. The standard InChI is InChI=1S/C15H23N3O/c1-11(12-3-5-14(16)6-4-12)18-9-7-13(8-10-18)15(19)17-2/h3-6,11,13H,7-10,16H2,1-2H3,(H,17,19). The van der Waals surface area contributed by atoms with Gasteiger partial charge in [-0.15, -0.1) is 0 Å². The summed E-state index contributed by atoms with van der Waals surface area (Å²) >= 11 is 0. The fourth-order valence-corrected chi connectivity index (χ4v) is 2.74. The van der Waals surface area contributed by atoms with Gasteiger partial charge in [0, 0.05) is 24.7 Å². The third-order valence-corrected chi connectivity index (χ3v) is 4.11. The molecular formula is C15H23N3O. The Labute approximate surface area is 115 Å². The number of piperidine rings is 1. The predicted molar refractivity (Wildman–Crippen MR) is 77.6 cm³/mol. The number of anilines is 1. The second-order valence-corrected chi connectivity index (χ2v) is 5.27. The maximum absolute atomic E-state index is 11.6. The van der Waals surface area contributed by atoms with Crippen molar-refractivity contribution in [2.45, 2.75) is 25.8 Å². The number of nitrogens with two attached hydrogens (primary N) is 1. The van der Waals surface area contributed by atoms with Gasteiger partial charge in [0.2, 0.25) is 5.91 Å². The summed E-state index contributed by atoms with van der Waals surface area (Å²) in [5.41, 5.74) is 7.80. The number of carbonyl (C=O) groups is 1. The van der Waals surface area contributed by atoms with Crippen LogP contribution in [-0.2, 0) is 4.79 Å². The minimum atomic E-state index is 0.180. The molecule has 2 rings (SSSR count). The fourth-order valence-electron chi connectivity index (χ4n) is 2.74. The monoisotopic (exact) mass is 261 g/mol. The molecule has 0 radical (unpaired) electrons. The second kappa shape index (κ2) is 6.06. The lowest BCUT2D eigenvalue weighted by molar-refractivity contribution is -0.126. The number of hydrogen-bond acceptors (Lipinski definition) is 3. The van der Waals surface area contributed by atoms with E-state index in [1.54, 1.807) is 7.05 Å². The number of nitrogens with one attached hydrogen (secondary N) is 1. The Hall–Kier alpha value is -1.55. The molecular weight excluding hydrogens is 238 g/mol. The van der Waals surface area contributed by atoms with Crippen LogP contribution >= 0.6 is 0 Å². The first-order valence-electron chi connectivity index (χ1n) is 6.93.